The number of amides is 1. The summed E-state index contributed by atoms with van der Waals surface area (Å²) in [4.78, 5) is 28.5. The molecule has 3 aromatic rings. The summed E-state index contributed by atoms with van der Waals surface area (Å²) in [6, 6.07) is 1.60. The Morgan fingerprint density at radius 1 is 1.26 bits per heavy atom. The van der Waals surface area contributed by atoms with Crippen LogP contribution in [0.3, 0.4) is 0 Å². The molecule has 2 N–H and O–H groups in total. The number of fused-ring (bicyclic) bond motifs is 1. The van der Waals surface area contributed by atoms with Crippen molar-refractivity contribution in [3.8, 4) is 16.9 Å². The topological polar surface area (TPSA) is 135 Å². The fourth-order valence-corrected chi connectivity index (χ4v) is 5.15. The van der Waals surface area contributed by atoms with Crippen LogP contribution in [-0.2, 0) is 6.18 Å². The smallest absolute Gasteiger partial charge is 0.417 e. The summed E-state index contributed by atoms with van der Waals surface area (Å²) in [7, 11) is 1.32. The maximum absolute atomic E-state index is 14.3. The number of likely N-dealkylation sites (tertiary alicyclic amines) is 1. The molecule has 0 radical (unpaired) electrons. The number of ether oxygens (including phenoxy) is 1. The quantitative estimate of drug-likeness (QED) is 0.331. The number of anilines is 1. The minimum atomic E-state index is -4.87. The van der Waals surface area contributed by atoms with E-state index in [1.165, 1.54) is 35.1 Å². The Balaban J connectivity index is 1.88. The van der Waals surface area contributed by atoms with Gasteiger partial charge in [-0.3, -0.25) is 10.1 Å². The van der Waals surface area contributed by atoms with Gasteiger partial charge in [-0.15, -0.1) is 0 Å². The van der Waals surface area contributed by atoms with E-state index in [0.717, 1.165) is 6.07 Å². The molecule has 2 unspecified atom stereocenters. The minimum Gasteiger partial charge on any atom is -0.493 e. The molecule has 1 aliphatic heterocycles. The molecule has 0 bridgehead atoms. The van der Waals surface area contributed by atoms with Crippen molar-refractivity contribution in [3.05, 3.63) is 46.4 Å². The zero-order valence-corrected chi connectivity index (χ0v) is 21.1. The van der Waals surface area contributed by atoms with E-state index < -0.39 is 51.5 Å². The lowest BCUT2D eigenvalue weighted by Crippen LogP contribution is -2.58. The summed E-state index contributed by atoms with van der Waals surface area (Å²) in [5, 5.41) is 28.7. The number of carbonyl (C=O) groups is 1. The third kappa shape index (κ3) is 5.02. The number of alkyl halides is 3. The average Bonchev–Trinajstić information content (AvgIpc) is 3.30. The summed E-state index contributed by atoms with van der Waals surface area (Å²) in [5.41, 5.74) is -2.80. The van der Waals surface area contributed by atoms with Crippen molar-refractivity contribution >= 4 is 23.1 Å². The highest BCUT2D eigenvalue weighted by Gasteiger charge is 2.43. The van der Waals surface area contributed by atoms with Crippen molar-refractivity contribution in [1.29, 1.82) is 0 Å². The van der Waals surface area contributed by atoms with Crippen LogP contribution in [0.15, 0.2) is 30.7 Å². The zero-order chi connectivity index (χ0) is 28.0. The van der Waals surface area contributed by atoms with Crippen LogP contribution < -0.4 is 10.1 Å². The Hall–Kier alpha value is -4.10. The van der Waals surface area contributed by atoms with E-state index >= 15 is 0 Å². The zero-order valence-electron chi connectivity index (χ0n) is 21.1. The number of aromatic nitrogens is 3. The number of nitrogens with one attached hydrogen (secondary N) is 1. The lowest BCUT2D eigenvalue weighted by molar-refractivity contribution is -0.384. The minimum absolute atomic E-state index is 0.0101. The van der Waals surface area contributed by atoms with Gasteiger partial charge in [0.25, 0.3) is 5.69 Å². The Labute approximate surface area is 215 Å². The lowest BCUT2D eigenvalue weighted by Gasteiger charge is -2.47. The van der Waals surface area contributed by atoms with Crippen molar-refractivity contribution < 1.29 is 32.7 Å². The van der Waals surface area contributed by atoms with Crippen molar-refractivity contribution in [2.75, 3.05) is 19.0 Å². The van der Waals surface area contributed by atoms with Gasteiger partial charge in [0.1, 0.15) is 12.0 Å². The average molecular weight is 537 g/mol. The van der Waals surface area contributed by atoms with E-state index in [1.54, 1.807) is 0 Å². The molecule has 1 amide bonds. The molecule has 1 aliphatic rings. The van der Waals surface area contributed by atoms with E-state index in [0.29, 0.717) is 18.9 Å². The number of nitro groups is 1. The number of nitrogens with zero attached hydrogens (tertiary/aromatic N) is 5. The van der Waals surface area contributed by atoms with Crippen molar-refractivity contribution in [2.24, 2.45) is 5.41 Å². The molecule has 38 heavy (non-hydrogen) atoms. The second-order valence-electron chi connectivity index (χ2n) is 10.2. The number of piperidine rings is 1. The Bertz CT molecular complexity index is 1380. The van der Waals surface area contributed by atoms with Crippen LogP contribution in [0.2, 0.25) is 0 Å². The molecule has 11 nitrogen and oxygen atoms in total. The van der Waals surface area contributed by atoms with Gasteiger partial charge in [0.2, 0.25) is 0 Å². The number of hydrogen-bond donors (Lipinski definition) is 2. The molecule has 3 heterocycles. The van der Waals surface area contributed by atoms with E-state index in [9.17, 15) is 33.2 Å². The van der Waals surface area contributed by atoms with Crippen molar-refractivity contribution in [1.82, 2.24) is 19.5 Å². The van der Waals surface area contributed by atoms with Gasteiger partial charge in [0.15, 0.2) is 11.4 Å². The van der Waals surface area contributed by atoms with Gasteiger partial charge < -0.3 is 20.1 Å². The van der Waals surface area contributed by atoms with Gasteiger partial charge in [0, 0.05) is 36.0 Å². The SMILES string of the molecule is COc1cc(-c2cc([N+](=O)[O-])c(NC3CCCN(C(=O)O)C3C(C)(C)C)cc2C(F)(F)F)cn2ncnc12. The van der Waals surface area contributed by atoms with Gasteiger partial charge in [-0.25, -0.2) is 14.3 Å². The summed E-state index contributed by atoms with van der Waals surface area (Å²) < 4.78 is 49.5. The van der Waals surface area contributed by atoms with Crippen molar-refractivity contribution in [3.63, 3.8) is 0 Å². The largest absolute Gasteiger partial charge is 0.493 e. The predicted molar refractivity (Wildman–Crippen MR) is 131 cm³/mol. The first kappa shape index (κ1) is 26.9. The summed E-state index contributed by atoms with van der Waals surface area (Å²) in [6.45, 7) is 5.72. The Kier molecular flexibility index (Phi) is 6.84. The number of pyridine rings is 1. The monoisotopic (exact) mass is 536 g/mol. The van der Waals surface area contributed by atoms with Crippen LogP contribution in [0.5, 0.6) is 5.75 Å². The summed E-state index contributed by atoms with van der Waals surface area (Å²) >= 11 is 0. The van der Waals surface area contributed by atoms with Crippen LogP contribution in [0.4, 0.5) is 29.3 Å². The van der Waals surface area contributed by atoms with Crippen LogP contribution in [0.25, 0.3) is 16.8 Å². The third-order valence-corrected chi connectivity index (χ3v) is 6.62. The molecule has 1 saturated heterocycles. The number of benzene rings is 1. The molecule has 0 aliphatic carbocycles. The molecule has 2 aromatic heterocycles. The van der Waals surface area contributed by atoms with Gasteiger partial charge in [0.05, 0.1) is 23.6 Å². The highest BCUT2D eigenvalue weighted by molar-refractivity contribution is 5.79. The number of carboxylic acid groups (broad SMARTS) is 1. The van der Waals surface area contributed by atoms with Crippen molar-refractivity contribution in [2.45, 2.75) is 51.9 Å². The van der Waals surface area contributed by atoms with Gasteiger partial charge in [-0.05, 0) is 30.4 Å². The molecule has 2 atom stereocenters. The number of rotatable bonds is 5. The molecule has 1 aromatic carbocycles. The Morgan fingerprint density at radius 3 is 2.55 bits per heavy atom. The molecule has 0 spiro atoms. The predicted octanol–water partition coefficient (Wildman–Crippen LogP) is 5.30. The van der Waals surface area contributed by atoms with E-state index in [1.807, 2.05) is 20.8 Å². The van der Waals surface area contributed by atoms with Gasteiger partial charge >= 0.3 is 12.3 Å². The lowest BCUT2D eigenvalue weighted by atomic mass is 9.77. The first-order valence-electron chi connectivity index (χ1n) is 11.8. The number of methoxy groups -OCH3 is 1. The second kappa shape index (κ2) is 9.65. The first-order valence-corrected chi connectivity index (χ1v) is 11.8. The molecule has 204 valence electrons. The fraction of sp³-hybridized carbons (Fsp3) is 0.458. The normalized spacial score (nSPS) is 18.4. The van der Waals surface area contributed by atoms with Crippen LogP contribution >= 0.6 is 0 Å². The van der Waals surface area contributed by atoms with E-state index in [2.05, 4.69) is 15.4 Å². The Morgan fingerprint density at radius 2 is 1.97 bits per heavy atom. The maximum Gasteiger partial charge on any atom is 0.417 e. The van der Waals surface area contributed by atoms with E-state index in [4.69, 9.17) is 4.74 Å². The number of nitro benzene ring substituents is 1. The maximum atomic E-state index is 14.3. The first-order chi connectivity index (χ1) is 17.7. The molecular weight excluding hydrogens is 509 g/mol. The number of halogens is 3. The van der Waals surface area contributed by atoms with Crippen LogP contribution in [0, 0.1) is 15.5 Å². The summed E-state index contributed by atoms with van der Waals surface area (Å²) in [5.74, 6) is 0.141. The van der Waals surface area contributed by atoms with E-state index in [-0.39, 0.29) is 29.2 Å². The molecule has 1 fully saturated rings. The highest BCUT2D eigenvalue weighted by Crippen LogP contribution is 2.44. The number of hydrogen-bond acceptors (Lipinski definition) is 7. The highest BCUT2D eigenvalue weighted by atomic mass is 19.4. The second-order valence-corrected chi connectivity index (χ2v) is 10.2. The third-order valence-electron chi connectivity index (χ3n) is 6.62. The molecular formula is C24H27F3N6O5. The van der Waals surface area contributed by atoms with Gasteiger partial charge in [-0.1, -0.05) is 20.8 Å². The summed E-state index contributed by atoms with van der Waals surface area (Å²) in [6.07, 6.45) is -2.66. The molecule has 4 rings (SSSR count). The fourth-order valence-electron chi connectivity index (χ4n) is 5.15. The van der Waals surface area contributed by atoms with Crippen LogP contribution in [0.1, 0.15) is 39.2 Å². The van der Waals surface area contributed by atoms with Gasteiger partial charge in [-0.2, -0.15) is 18.3 Å². The molecule has 14 heteroatoms. The van der Waals surface area contributed by atoms with Crippen LogP contribution in [-0.4, -0.2) is 61.4 Å². The standard InChI is InChI=1S/C24H27F3N6O5/c1-23(2,3)20-16(6-5-7-31(20)22(34)35)30-17-10-15(24(25,26)27)14(9-18(17)33(36)37)13-8-19(38-4)21-28-12-29-32(21)11-13/h8-12,16,20,30H,5-7H2,1-4H3,(H,34,35). The molecule has 0 saturated carbocycles.